The molecule has 2 aromatic rings. The first-order chi connectivity index (χ1) is 12.5. The Morgan fingerprint density at radius 1 is 1.12 bits per heavy atom. The van der Waals surface area contributed by atoms with Crippen LogP contribution in [0.4, 0.5) is 5.69 Å². The first kappa shape index (κ1) is 18.4. The fourth-order valence-corrected chi connectivity index (χ4v) is 5.06. The molecule has 1 aromatic heterocycles. The number of anilines is 1. The topological polar surface area (TPSA) is 90.3 Å². The fourth-order valence-electron chi connectivity index (χ4n) is 2.84. The third-order valence-corrected chi connectivity index (χ3v) is 7.07. The van der Waals surface area contributed by atoms with Gasteiger partial charge in [0.05, 0.1) is 17.2 Å². The molecule has 1 aromatic carbocycles. The summed E-state index contributed by atoms with van der Waals surface area (Å²) in [6.45, 7) is 1.44. The van der Waals surface area contributed by atoms with Gasteiger partial charge in [-0.1, -0.05) is 12.8 Å². The Balaban J connectivity index is 1.74. The van der Waals surface area contributed by atoms with E-state index in [-0.39, 0.29) is 10.1 Å². The smallest absolute Gasteiger partial charge is 0.271 e. The minimum absolute atomic E-state index is 0.0973. The quantitative estimate of drug-likeness (QED) is 0.867. The van der Waals surface area contributed by atoms with Crippen molar-refractivity contribution in [1.82, 2.24) is 4.90 Å². The number of benzene rings is 1. The molecule has 3 rings (SSSR count). The maximum atomic E-state index is 12.6. The number of nitrogens with zero attached hydrogens (tertiary/aromatic N) is 2. The number of carbonyl (C=O) groups is 1. The van der Waals surface area contributed by atoms with Crippen molar-refractivity contribution in [2.75, 3.05) is 17.8 Å². The number of carbonyl (C=O) groups excluding carboxylic acids is 1. The van der Waals surface area contributed by atoms with E-state index in [2.05, 4.69) is 4.72 Å². The minimum Gasteiger partial charge on any atom is -0.339 e. The van der Waals surface area contributed by atoms with Crippen LogP contribution in [0.25, 0.3) is 0 Å². The summed E-state index contributed by atoms with van der Waals surface area (Å²) in [6, 6.07) is 9.57. The summed E-state index contributed by atoms with van der Waals surface area (Å²) in [4.78, 5) is 14.4. The number of nitrogens with one attached hydrogen (secondary N) is 1. The van der Waals surface area contributed by atoms with Gasteiger partial charge in [-0.25, -0.2) is 8.42 Å². The normalized spacial score (nSPS) is 15.1. The minimum atomic E-state index is -3.77. The van der Waals surface area contributed by atoms with Crippen LogP contribution in [0, 0.1) is 11.3 Å². The van der Waals surface area contributed by atoms with E-state index in [0.717, 1.165) is 50.1 Å². The highest BCUT2D eigenvalue weighted by atomic mass is 32.2. The van der Waals surface area contributed by atoms with E-state index in [1.54, 1.807) is 22.4 Å². The highest BCUT2D eigenvalue weighted by Gasteiger charge is 2.22. The van der Waals surface area contributed by atoms with Crippen LogP contribution in [-0.2, 0) is 10.0 Å². The Bertz CT molecular complexity index is 919. The zero-order valence-corrected chi connectivity index (χ0v) is 15.8. The molecule has 136 valence electrons. The summed E-state index contributed by atoms with van der Waals surface area (Å²) in [5, 5.41) is 10.4. The molecule has 1 fully saturated rings. The SMILES string of the molecule is N#Cc1ccc(NS(=O)(=O)c2cc(C(=O)N3CCCCCC3)cs2)cc1. The third-order valence-electron chi connectivity index (χ3n) is 4.25. The summed E-state index contributed by atoms with van der Waals surface area (Å²) in [5.41, 5.74) is 1.24. The lowest BCUT2D eigenvalue weighted by Gasteiger charge is -2.19. The number of likely N-dealkylation sites (tertiary alicyclic amines) is 1. The first-order valence-corrected chi connectivity index (χ1v) is 10.8. The highest BCUT2D eigenvalue weighted by Crippen LogP contribution is 2.25. The van der Waals surface area contributed by atoms with Gasteiger partial charge in [0.15, 0.2) is 0 Å². The molecule has 0 radical (unpaired) electrons. The van der Waals surface area contributed by atoms with Crippen LogP contribution in [0.15, 0.2) is 39.9 Å². The van der Waals surface area contributed by atoms with Gasteiger partial charge in [0.1, 0.15) is 4.21 Å². The molecule has 0 saturated carbocycles. The van der Waals surface area contributed by atoms with E-state index in [1.807, 2.05) is 6.07 Å². The predicted octanol–water partition coefficient (Wildman–Crippen LogP) is 3.44. The van der Waals surface area contributed by atoms with Crippen molar-refractivity contribution >= 4 is 33.0 Å². The molecular weight excluding hydrogens is 370 g/mol. The molecule has 1 N–H and O–H groups in total. The lowest BCUT2D eigenvalue weighted by atomic mass is 10.2. The van der Waals surface area contributed by atoms with Crippen molar-refractivity contribution < 1.29 is 13.2 Å². The fraction of sp³-hybridized carbons (Fsp3) is 0.333. The molecule has 0 unspecified atom stereocenters. The maximum absolute atomic E-state index is 12.6. The Hall–Kier alpha value is -2.37. The van der Waals surface area contributed by atoms with E-state index in [4.69, 9.17) is 5.26 Å². The van der Waals surface area contributed by atoms with Crippen LogP contribution in [0.3, 0.4) is 0 Å². The summed E-state index contributed by atoms with van der Waals surface area (Å²) in [5.74, 6) is -0.108. The van der Waals surface area contributed by atoms with Gasteiger partial charge in [-0.3, -0.25) is 9.52 Å². The third kappa shape index (κ3) is 4.23. The Morgan fingerprint density at radius 3 is 2.38 bits per heavy atom. The summed E-state index contributed by atoms with van der Waals surface area (Å²) >= 11 is 1.03. The zero-order valence-electron chi connectivity index (χ0n) is 14.1. The lowest BCUT2D eigenvalue weighted by Crippen LogP contribution is -2.31. The maximum Gasteiger partial charge on any atom is 0.271 e. The number of sulfonamides is 1. The Kier molecular flexibility index (Phi) is 5.59. The van der Waals surface area contributed by atoms with Crippen LogP contribution < -0.4 is 4.72 Å². The van der Waals surface area contributed by atoms with Crippen molar-refractivity contribution in [3.63, 3.8) is 0 Å². The van der Waals surface area contributed by atoms with E-state index < -0.39 is 10.0 Å². The van der Waals surface area contributed by atoms with Gasteiger partial charge < -0.3 is 4.90 Å². The molecule has 0 aliphatic carbocycles. The second-order valence-electron chi connectivity index (χ2n) is 6.16. The summed E-state index contributed by atoms with van der Waals surface area (Å²) in [7, 11) is -3.77. The molecule has 8 heteroatoms. The number of thiophene rings is 1. The van der Waals surface area contributed by atoms with Crippen molar-refractivity contribution in [1.29, 1.82) is 5.26 Å². The van der Waals surface area contributed by atoms with Crippen LogP contribution in [0.5, 0.6) is 0 Å². The van der Waals surface area contributed by atoms with Gasteiger partial charge in [-0.05, 0) is 43.2 Å². The average molecular weight is 390 g/mol. The van der Waals surface area contributed by atoms with Gasteiger partial charge in [-0.15, -0.1) is 11.3 Å². The molecule has 0 spiro atoms. The van der Waals surface area contributed by atoms with Crippen molar-refractivity contribution in [3.8, 4) is 6.07 Å². The van der Waals surface area contributed by atoms with Gasteiger partial charge in [0.25, 0.3) is 15.9 Å². The second kappa shape index (κ2) is 7.89. The Morgan fingerprint density at radius 2 is 1.77 bits per heavy atom. The van der Waals surface area contributed by atoms with Crippen LogP contribution in [0.2, 0.25) is 0 Å². The van der Waals surface area contributed by atoms with E-state index in [0.29, 0.717) is 16.8 Å². The van der Waals surface area contributed by atoms with Crippen molar-refractivity contribution in [2.45, 2.75) is 29.9 Å². The molecule has 1 aliphatic rings. The summed E-state index contributed by atoms with van der Waals surface area (Å²) < 4.78 is 27.6. The number of hydrogen-bond acceptors (Lipinski definition) is 5. The summed E-state index contributed by atoms with van der Waals surface area (Å²) in [6.07, 6.45) is 4.23. The number of nitriles is 1. The van der Waals surface area contributed by atoms with Crippen LogP contribution in [0.1, 0.15) is 41.6 Å². The van der Waals surface area contributed by atoms with E-state index in [9.17, 15) is 13.2 Å². The first-order valence-electron chi connectivity index (χ1n) is 8.40. The highest BCUT2D eigenvalue weighted by molar-refractivity contribution is 7.94. The van der Waals surface area contributed by atoms with Gasteiger partial charge in [0.2, 0.25) is 0 Å². The van der Waals surface area contributed by atoms with E-state index >= 15 is 0 Å². The molecule has 1 aliphatic heterocycles. The number of amides is 1. The molecule has 2 heterocycles. The van der Waals surface area contributed by atoms with E-state index in [1.165, 1.54) is 18.2 Å². The van der Waals surface area contributed by atoms with Crippen LogP contribution in [-0.4, -0.2) is 32.3 Å². The monoisotopic (exact) mass is 389 g/mol. The largest absolute Gasteiger partial charge is 0.339 e. The van der Waals surface area contributed by atoms with Gasteiger partial charge in [0, 0.05) is 24.2 Å². The number of rotatable bonds is 4. The van der Waals surface area contributed by atoms with Crippen molar-refractivity contribution in [2.24, 2.45) is 0 Å². The molecule has 1 amide bonds. The molecule has 26 heavy (non-hydrogen) atoms. The lowest BCUT2D eigenvalue weighted by molar-refractivity contribution is 0.0762. The number of hydrogen-bond donors (Lipinski definition) is 1. The molecule has 1 saturated heterocycles. The van der Waals surface area contributed by atoms with Gasteiger partial charge in [-0.2, -0.15) is 5.26 Å². The van der Waals surface area contributed by atoms with Crippen LogP contribution >= 0.6 is 11.3 Å². The molecule has 0 atom stereocenters. The molecular formula is C18H19N3O3S2. The average Bonchev–Trinajstić information content (AvgIpc) is 2.99. The molecule has 0 bridgehead atoms. The standard InChI is InChI=1S/C18H19N3O3S2/c19-12-14-5-7-16(8-6-14)20-26(23,24)17-11-15(13-25-17)18(22)21-9-3-1-2-4-10-21/h5-8,11,13,20H,1-4,9-10H2. The predicted molar refractivity (Wildman–Crippen MR) is 101 cm³/mol. The zero-order chi connectivity index (χ0) is 18.6. The second-order valence-corrected chi connectivity index (χ2v) is 8.98. The Labute approximate surface area is 157 Å². The van der Waals surface area contributed by atoms with Crippen molar-refractivity contribution in [3.05, 3.63) is 46.8 Å². The van der Waals surface area contributed by atoms with Gasteiger partial charge >= 0.3 is 0 Å². The molecule has 6 nitrogen and oxygen atoms in total.